The Bertz CT molecular complexity index is 1360. The molecule has 0 saturated carbocycles. The number of methoxy groups -OCH3 is 1. The second kappa shape index (κ2) is 6.87. The van der Waals surface area contributed by atoms with E-state index >= 15 is 0 Å². The highest BCUT2D eigenvalue weighted by Gasteiger charge is 2.19. The summed E-state index contributed by atoms with van der Waals surface area (Å²) in [6.45, 7) is 2.05. The number of hydrogen-bond donors (Lipinski definition) is 0. The van der Waals surface area contributed by atoms with Crippen molar-refractivity contribution in [2.75, 3.05) is 7.11 Å². The molecule has 5 nitrogen and oxygen atoms in total. The number of para-hydroxylation sites is 2. The second-order valence-corrected chi connectivity index (χ2v) is 7.23. The van der Waals surface area contributed by atoms with E-state index in [4.69, 9.17) is 31.3 Å². The predicted octanol–water partition coefficient (Wildman–Crippen LogP) is 5.61. The average molecular weight is 401 g/mol. The number of imidazole rings is 1. The number of halogens is 1. The van der Waals surface area contributed by atoms with Gasteiger partial charge in [-0.1, -0.05) is 29.8 Å². The lowest BCUT2D eigenvalue weighted by Gasteiger charge is -2.12. The molecule has 6 heteroatoms. The van der Waals surface area contributed by atoms with Crippen molar-refractivity contribution in [3.05, 3.63) is 77.3 Å². The van der Waals surface area contributed by atoms with E-state index in [1.54, 1.807) is 7.11 Å². The van der Waals surface area contributed by atoms with E-state index in [9.17, 15) is 0 Å². The summed E-state index contributed by atoms with van der Waals surface area (Å²) in [7, 11) is 1.65. The summed E-state index contributed by atoms with van der Waals surface area (Å²) in [5.41, 5.74) is 5.85. The van der Waals surface area contributed by atoms with Gasteiger partial charge >= 0.3 is 0 Å². The molecule has 0 N–H and O–H groups in total. The molecule has 2 heterocycles. The van der Waals surface area contributed by atoms with E-state index in [-0.39, 0.29) is 0 Å². The van der Waals surface area contributed by atoms with Gasteiger partial charge in [-0.25, -0.2) is 15.0 Å². The molecule has 5 rings (SSSR count). The highest BCUT2D eigenvalue weighted by molar-refractivity contribution is 6.30. The summed E-state index contributed by atoms with van der Waals surface area (Å²) in [5, 5.41) is 0.655. The van der Waals surface area contributed by atoms with Crippen LogP contribution in [0.25, 0.3) is 39.4 Å². The van der Waals surface area contributed by atoms with E-state index in [1.807, 2.05) is 78.2 Å². The van der Waals surface area contributed by atoms with Crippen LogP contribution in [-0.4, -0.2) is 26.6 Å². The largest absolute Gasteiger partial charge is 0.497 e. The Morgan fingerprint density at radius 3 is 2.31 bits per heavy atom. The third-order valence-electron chi connectivity index (χ3n) is 4.93. The van der Waals surface area contributed by atoms with Crippen LogP contribution in [0, 0.1) is 6.92 Å². The SMILES string of the molecule is COc1ccc(-c2nc3nc4ccccc4nc3n2-c2cc(Cl)ccc2C)cc1. The van der Waals surface area contributed by atoms with Gasteiger partial charge in [-0.15, -0.1) is 0 Å². The van der Waals surface area contributed by atoms with E-state index in [0.29, 0.717) is 16.3 Å². The van der Waals surface area contributed by atoms with E-state index in [2.05, 4.69) is 0 Å². The minimum atomic E-state index is 0.592. The molecule has 0 bridgehead atoms. The molecule has 0 amide bonds. The summed E-state index contributed by atoms with van der Waals surface area (Å²) in [6, 6.07) is 21.4. The number of hydrogen-bond acceptors (Lipinski definition) is 4. The maximum absolute atomic E-state index is 6.33. The average Bonchev–Trinajstić information content (AvgIpc) is 3.12. The number of aryl methyl sites for hydroxylation is 1. The van der Waals surface area contributed by atoms with Gasteiger partial charge in [-0.05, 0) is 61.0 Å². The van der Waals surface area contributed by atoms with Crippen LogP contribution < -0.4 is 4.74 Å². The van der Waals surface area contributed by atoms with Crippen molar-refractivity contribution in [2.24, 2.45) is 0 Å². The molecular formula is C23H17ClN4O. The molecule has 29 heavy (non-hydrogen) atoms. The zero-order chi connectivity index (χ0) is 20.0. The fourth-order valence-corrected chi connectivity index (χ4v) is 3.61. The van der Waals surface area contributed by atoms with Crippen molar-refractivity contribution >= 4 is 33.9 Å². The lowest BCUT2D eigenvalue weighted by atomic mass is 10.1. The molecule has 0 radical (unpaired) electrons. The molecule has 0 aliphatic rings. The molecule has 142 valence electrons. The van der Waals surface area contributed by atoms with E-state index in [0.717, 1.165) is 39.4 Å². The second-order valence-electron chi connectivity index (χ2n) is 6.79. The van der Waals surface area contributed by atoms with Gasteiger partial charge in [-0.2, -0.15) is 0 Å². The molecule has 0 saturated heterocycles. The quantitative estimate of drug-likeness (QED) is 0.395. The van der Waals surface area contributed by atoms with Crippen LogP contribution in [0.15, 0.2) is 66.7 Å². The summed E-state index contributed by atoms with van der Waals surface area (Å²) in [4.78, 5) is 14.5. The first-order chi connectivity index (χ1) is 14.1. The predicted molar refractivity (Wildman–Crippen MR) is 116 cm³/mol. The van der Waals surface area contributed by atoms with Crippen LogP contribution in [0.4, 0.5) is 0 Å². The highest BCUT2D eigenvalue weighted by Crippen LogP contribution is 2.31. The van der Waals surface area contributed by atoms with Crippen molar-refractivity contribution in [2.45, 2.75) is 6.92 Å². The Labute approximate surface area is 172 Å². The van der Waals surface area contributed by atoms with Gasteiger partial charge in [0.15, 0.2) is 11.3 Å². The highest BCUT2D eigenvalue weighted by atomic mass is 35.5. The summed E-state index contributed by atoms with van der Waals surface area (Å²) in [5.74, 6) is 1.54. The van der Waals surface area contributed by atoms with Crippen molar-refractivity contribution in [1.29, 1.82) is 0 Å². The topological polar surface area (TPSA) is 52.8 Å². The Balaban J connectivity index is 1.87. The number of rotatable bonds is 3. The first-order valence-electron chi connectivity index (χ1n) is 9.20. The number of ether oxygens (including phenoxy) is 1. The van der Waals surface area contributed by atoms with Crippen molar-refractivity contribution < 1.29 is 4.74 Å². The third-order valence-corrected chi connectivity index (χ3v) is 5.17. The molecule has 0 fully saturated rings. The lowest BCUT2D eigenvalue weighted by molar-refractivity contribution is 0.415. The number of benzene rings is 3. The van der Waals surface area contributed by atoms with Gasteiger partial charge in [0.2, 0.25) is 0 Å². The van der Waals surface area contributed by atoms with Gasteiger partial charge in [0.25, 0.3) is 0 Å². The standard InChI is InChI=1S/C23H17ClN4O/c1-14-7-10-16(24)13-20(14)28-22(15-8-11-17(29-2)12-9-15)27-21-23(28)26-19-6-4-3-5-18(19)25-21/h3-13H,1-2H3. The van der Waals surface area contributed by atoms with Crippen molar-refractivity contribution in [1.82, 2.24) is 19.5 Å². The summed E-state index contributed by atoms with van der Waals surface area (Å²) < 4.78 is 7.32. The van der Waals surface area contributed by atoms with E-state index < -0.39 is 0 Å². The van der Waals surface area contributed by atoms with Crippen LogP contribution in [-0.2, 0) is 0 Å². The molecule has 0 spiro atoms. The first kappa shape index (κ1) is 17.6. The number of aromatic nitrogens is 4. The molecule has 5 aromatic rings. The van der Waals surface area contributed by atoms with Gasteiger partial charge in [-0.3, -0.25) is 4.57 Å². The van der Waals surface area contributed by atoms with Crippen molar-refractivity contribution in [3.63, 3.8) is 0 Å². The Kier molecular flexibility index (Phi) is 4.18. The van der Waals surface area contributed by atoms with Gasteiger partial charge in [0.05, 0.1) is 23.8 Å². The van der Waals surface area contributed by atoms with Gasteiger partial charge < -0.3 is 4.74 Å². The van der Waals surface area contributed by atoms with E-state index in [1.165, 1.54) is 0 Å². The summed E-state index contributed by atoms with van der Waals surface area (Å²) in [6.07, 6.45) is 0. The monoisotopic (exact) mass is 400 g/mol. The zero-order valence-corrected chi connectivity index (χ0v) is 16.7. The number of nitrogens with zero attached hydrogens (tertiary/aromatic N) is 4. The van der Waals surface area contributed by atoms with Crippen LogP contribution in [0.2, 0.25) is 5.02 Å². The van der Waals surface area contributed by atoms with Crippen molar-refractivity contribution in [3.8, 4) is 22.8 Å². The molecule has 0 unspecified atom stereocenters. The fraction of sp³-hybridized carbons (Fsp3) is 0.0870. The minimum absolute atomic E-state index is 0.592. The van der Waals surface area contributed by atoms with Gasteiger partial charge in [0, 0.05) is 10.6 Å². The van der Waals surface area contributed by atoms with Crippen LogP contribution in [0.3, 0.4) is 0 Å². The Morgan fingerprint density at radius 2 is 1.59 bits per heavy atom. The maximum Gasteiger partial charge on any atom is 0.199 e. The molecule has 3 aromatic carbocycles. The van der Waals surface area contributed by atoms with Crippen LogP contribution in [0.1, 0.15) is 5.56 Å². The molecule has 0 aliphatic heterocycles. The molecular weight excluding hydrogens is 384 g/mol. The van der Waals surface area contributed by atoms with Crippen LogP contribution in [0.5, 0.6) is 5.75 Å². The lowest BCUT2D eigenvalue weighted by Crippen LogP contribution is -2.01. The molecule has 2 aromatic heterocycles. The minimum Gasteiger partial charge on any atom is -0.497 e. The smallest absolute Gasteiger partial charge is 0.199 e. The number of fused-ring (bicyclic) bond motifs is 2. The molecule has 0 atom stereocenters. The van der Waals surface area contributed by atoms with Gasteiger partial charge in [0.1, 0.15) is 11.6 Å². The Morgan fingerprint density at radius 1 is 0.862 bits per heavy atom. The zero-order valence-electron chi connectivity index (χ0n) is 15.9. The third kappa shape index (κ3) is 3.00. The normalized spacial score (nSPS) is 11.3. The molecule has 0 aliphatic carbocycles. The fourth-order valence-electron chi connectivity index (χ4n) is 3.44. The maximum atomic E-state index is 6.33. The van der Waals surface area contributed by atoms with Crippen LogP contribution >= 0.6 is 11.6 Å². The first-order valence-corrected chi connectivity index (χ1v) is 9.58. The Hall–Kier alpha value is -3.44. The summed E-state index contributed by atoms with van der Waals surface area (Å²) >= 11 is 6.33.